The van der Waals surface area contributed by atoms with Crippen molar-refractivity contribution >= 4 is 5.91 Å². The van der Waals surface area contributed by atoms with Crippen molar-refractivity contribution in [3.8, 4) is 0 Å². The Labute approximate surface area is 108 Å². The van der Waals surface area contributed by atoms with E-state index in [0.29, 0.717) is 6.04 Å². The number of carbonyl (C=O) groups is 1. The lowest BCUT2D eigenvalue weighted by molar-refractivity contribution is 0.0709. The number of benzene rings is 1. The average Bonchev–Trinajstić information content (AvgIpc) is 2.85. The molecule has 96 valence electrons. The molecule has 1 heterocycles. The summed E-state index contributed by atoms with van der Waals surface area (Å²) in [4.78, 5) is 14.4. The second-order valence-electron chi connectivity index (χ2n) is 5.44. The molecule has 3 rings (SSSR count). The molecule has 1 amide bonds. The predicted octanol–water partition coefficient (Wildman–Crippen LogP) is 1.61. The van der Waals surface area contributed by atoms with Crippen LogP contribution < -0.4 is 5.32 Å². The number of hydrogen-bond acceptors (Lipinski definition) is 2. The summed E-state index contributed by atoms with van der Waals surface area (Å²) in [5.41, 5.74) is 3.68. The molecule has 1 aliphatic heterocycles. The van der Waals surface area contributed by atoms with E-state index in [2.05, 4.69) is 24.4 Å². The topological polar surface area (TPSA) is 32.3 Å². The van der Waals surface area contributed by atoms with Crippen molar-refractivity contribution in [1.82, 2.24) is 10.2 Å². The third-order valence-electron chi connectivity index (χ3n) is 4.00. The number of hydrogen-bond donors (Lipinski definition) is 1. The Morgan fingerprint density at radius 3 is 3.00 bits per heavy atom. The summed E-state index contributed by atoms with van der Waals surface area (Å²) in [6, 6.07) is 6.65. The maximum atomic E-state index is 12.4. The number of fused-ring (bicyclic) bond motifs is 1. The van der Waals surface area contributed by atoms with Crippen molar-refractivity contribution in [1.29, 1.82) is 0 Å². The summed E-state index contributed by atoms with van der Waals surface area (Å²) in [5.74, 6) is 0.193. The molecule has 0 bridgehead atoms. The van der Waals surface area contributed by atoms with Gasteiger partial charge in [0.2, 0.25) is 0 Å². The van der Waals surface area contributed by atoms with Crippen LogP contribution in [-0.4, -0.2) is 36.5 Å². The van der Waals surface area contributed by atoms with E-state index in [0.717, 1.165) is 31.6 Å². The number of nitrogens with zero attached hydrogens (tertiary/aromatic N) is 1. The van der Waals surface area contributed by atoms with E-state index < -0.39 is 0 Å². The van der Waals surface area contributed by atoms with Crippen molar-refractivity contribution < 1.29 is 4.79 Å². The Balaban J connectivity index is 1.79. The van der Waals surface area contributed by atoms with Crippen molar-refractivity contribution in [3.63, 3.8) is 0 Å². The Bertz CT molecular complexity index is 470. The molecule has 1 saturated heterocycles. The minimum absolute atomic E-state index is 0.193. The zero-order chi connectivity index (χ0) is 12.5. The largest absolute Gasteiger partial charge is 0.336 e. The van der Waals surface area contributed by atoms with Crippen LogP contribution in [0, 0.1) is 0 Å². The second kappa shape index (κ2) is 4.73. The van der Waals surface area contributed by atoms with Crippen molar-refractivity contribution in [2.45, 2.75) is 32.2 Å². The number of aryl methyl sites for hydroxylation is 2. The van der Waals surface area contributed by atoms with Gasteiger partial charge >= 0.3 is 0 Å². The molecule has 2 aliphatic rings. The molecule has 3 nitrogen and oxygen atoms in total. The van der Waals surface area contributed by atoms with Gasteiger partial charge in [-0.15, -0.1) is 0 Å². The highest BCUT2D eigenvalue weighted by atomic mass is 16.2. The van der Waals surface area contributed by atoms with E-state index in [-0.39, 0.29) is 5.91 Å². The van der Waals surface area contributed by atoms with Gasteiger partial charge in [0.25, 0.3) is 5.91 Å². The number of nitrogens with one attached hydrogen (secondary N) is 1. The highest BCUT2D eigenvalue weighted by molar-refractivity contribution is 5.94. The number of amides is 1. The van der Waals surface area contributed by atoms with Gasteiger partial charge in [0.15, 0.2) is 0 Å². The van der Waals surface area contributed by atoms with Crippen molar-refractivity contribution in [2.24, 2.45) is 0 Å². The fourth-order valence-corrected chi connectivity index (χ4v) is 3.00. The maximum absolute atomic E-state index is 12.4. The lowest BCUT2D eigenvalue weighted by atomic mass is 10.0. The smallest absolute Gasteiger partial charge is 0.253 e. The van der Waals surface area contributed by atoms with E-state index >= 15 is 0 Å². The Morgan fingerprint density at radius 1 is 1.33 bits per heavy atom. The van der Waals surface area contributed by atoms with Crippen LogP contribution in [0.4, 0.5) is 0 Å². The van der Waals surface area contributed by atoms with Crippen LogP contribution in [0.5, 0.6) is 0 Å². The minimum Gasteiger partial charge on any atom is -0.336 e. The molecule has 3 heteroatoms. The van der Waals surface area contributed by atoms with Crippen LogP contribution in [0.3, 0.4) is 0 Å². The first-order valence-corrected chi connectivity index (χ1v) is 6.88. The van der Waals surface area contributed by atoms with Gasteiger partial charge in [0.1, 0.15) is 0 Å². The van der Waals surface area contributed by atoms with Gasteiger partial charge in [-0.2, -0.15) is 0 Å². The van der Waals surface area contributed by atoms with Gasteiger partial charge in [-0.1, -0.05) is 6.07 Å². The van der Waals surface area contributed by atoms with Crippen LogP contribution in [0.15, 0.2) is 18.2 Å². The zero-order valence-electron chi connectivity index (χ0n) is 10.9. The second-order valence-corrected chi connectivity index (χ2v) is 5.44. The summed E-state index contributed by atoms with van der Waals surface area (Å²) in [6.07, 6.45) is 3.54. The zero-order valence-corrected chi connectivity index (χ0v) is 10.9. The molecule has 1 N–H and O–H groups in total. The van der Waals surface area contributed by atoms with Gasteiger partial charge in [0.05, 0.1) is 0 Å². The summed E-state index contributed by atoms with van der Waals surface area (Å²) in [5, 5.41) is 3.37. The molecule has 1 aromatic carbocycles. The van der Waals surface area contributed by atoms with Gasteiger partial charge in [-0.3, -0.25) is 4.79 Å². The molecule has 0 saturated carbocycles. The first-order valence-electron chi connectivity index (χ1n) is 6.88. The fourth-order valence-electron chi connectivity index (χ4n) is 3.00. The summed E-state index contributed by atoms with van der Waals surface area (Å²) in [7, 11) is 0. The normalized spacial score (nSPS) is 22.9. The number of rotatable bonds is 1. The highest BCUT2D eigenvalue weighted by Crippen LogP contribution is 2.23. The first kappa shape index (κ1) is 11.7. The van der Waals surface area contributed by atoms with Gasteiger partial charge in [-0.05, 0) is 49.4 Å². The quantitative estimate of drug-likeness (QED) is 0.814. The van der Waals surface area contributed by atoms with E-state index in [9.17, 15) is 4.79 Å². The molecule has 1 atom stereocenters. The molecule has 0 radical (unpaired) electrons. The fraction of sp³-hybridized carbons (Fsp3) is 0.533. The minimum atomic E-state index is 0.193. The van der Waals surface area contributed by atoms with Gasteiger partial charge < -0.3 is 10.2 Å². The molecular formula is C15H20N2O. The molecule has 18 heavy (non-hydrogen) atoms. The lowest BCUT2D eigenvalue weighted by Crippen LogP contribution is -2.51. The standard InChI is InChI=1S/C15H20N2O/c1-11-10-17(8-7-16-11)15(18)14-6-5-12-3-2-4-13(12)9-14/h5-6,9,11,16H,2-4,7-8,10H2,1H3/t11-/m0/s1. The van der Waals surface area contributed by atoms with Crippen LogP contribution in [0.1, 0.15) is 34.8 Å². The van der Waals surface area contributed by atoms with Crippen molar-refractivity contribution in [3.05, 3.63) is 34.9 Å². The lowest BCUT2D eigenvalue weighted by Gasteiger charge is -2.32. The Hall–Kier alpha value is -1.35. The van der Waals surface area contributed by atoms with Crippen LogP contribution in [0.2, 0.25) is 0 Å². The highest BCUT2D eigenvalue weighted by Gasteiger charge is 2.22. The molecule has 0 aromatic heterocycles. The molecule has 0 unspecified atom stereocenters. The number of carbonyl (C=O) groups excluding carboxylic acids is 1. The van der Waals surface area contributed by atoms with Crippen LogP contribution in [0.25, 0.3) is 0 Å². The third kappa shape index (κ3) is 2.15. The number of piperazine rings is 1. The van der Waals surface area contributed by atoms with E-state index in [1.807, 2.05) is 11.0 Å². The van der Waals surface area contributed by atoms with E-state index in [1.165, 1.54) is 24.0 Å². The van der Waals surface area contributed by atoms with Crippen LogP contribution >= 0.6 is 0 Å². The first-order chi connectivity index (χ1) is 8.74. The predicted molar refractivity (Wildman–Crippen MR) is 71.8 cm³/mol. The Morgan fingerprint density at radius 2 is 2.17 bits per heavy atom. The van der Waals surface area contributed by atoms with Gasteiger partial charge in [-0.25, -0.2) is 0 Å². The summed E-state index contributed by atoms with van der Waals surface area (Å²) in [6.45, 7) is 4.66. The summed E-state index contributed by atoms with van der Waals surface area (Å²) < 4.78 is 0. The van der Waals surface area contributed by atoms with Gasteiger partial charge in [0, 0.05) is 31.2 Å². The van der Waals surface area contributed by atoms with Crippen molar-refractivity contribution in [2.75, 3.05) is 19.6 Å². The average molecular weight is 244 g/mol. The molecule has 1 aromatic rings. The van der Waals surface area contributed by atoms with E-state index in [1.54, 1.807) is 0 Å². The monoisotopic (exact) mass is 244 g/mol. The summed E-state index contributed by atoms with van der Waals surface area (Å²) >= 11 is 0. The molecular weight excluding hydrogens is 224 g/mol. The Kier molecular flexibility index (Phi) is 3.08. The molecule has 0 spiro atoms. The van der Waals surface area contributed by atoms with Crippen LogP contribution in [-0.2, 0) is 12.8 Å². The maximum Gasteiger partial charge on any atom is 0.253 e. The third-order valence-corrected chi connectivity index (χ3v) is 4.00. The molecule has 1 aliphatic carbocycles. The van der Waals surface area contributed by atoms with E-state index in [4.69, 9.17) is 0 Å². The SMILES string of the molecule is C[C@H]1CN(C(=O)c2ccc3c(c2)CCC3)CCN1. The molecule has 1 fully saturated rings.